The van der Waals surface area contributed by atoms with Crippen LogP contribution < -0.4 is 37.6 Å². The number of unbranched alkanes of at least 4 members (excludes halogenated alkanes) is 3. The molecule has 2 aliphatic heterocycles. The molecule has 0 spiro atoms. The third-order valence-electron chi connectivity index (χ3n) is 18.3. The maximum atomic E-state index is 17.5. The van der Waals surface area contributed by atoms with Crippen LogP contribution in [0.1, 0.15) is 107 Å². The summed E-state index contributed by atoms with van der Waals surface area (Å²) in [5.41, 5.74) is 8.48. The summed E-state index contributed by atoms with van der Waals surface area (Å²) in [6.07, 6.45) is 7.69. The molecule has 7 unspecified atom stereocenters. The molecular weight excluding hydrogens is 1140 g/mol. The summed E-state index contributed by atoms with van der Waals surface area (Å²) in [6, 6.07) is 4.20. The number of aliphatic carboxylic acids is 2. The molecular formula is C58H73FN12O12S2. The van der Waals surface area contributed by atoms with Gasteiger partial charge in [0.25, 0.3) is 17.7 Å². The number of nitrogens with one attached hydrogen (secondary N) is 4. The van der Waals surface area contributed by atoms with Gasteiger partial charge in [-0.3, -0.25) is 33.7 Å². The summed E-state index contributed by atoms with van der Waals surface area (Å²) in [4.78, 5) is 123. The van der Waals surface area contributed by atoms with Gasteiger partial charge in [0.05, 0.1) is 24.5 Å². The van der Waals surface area contributed by atoms with Gasteiger partial charge in [0, 0.05) is 84.7 Å². The first-order valence-electron chi connectivity index (χ1n) is 28.5. The highest BCUT2D eigenvalue weighted by molar-refractivity contribution is 8.01. The van der Waals surface area contributed by atoms with E-state index in [0.717, 1.165) is 5.69 Å². The van der Waals surface area contributed by atoms with Gasteiger partial charge in [-0.2, -0.15) is 21.7 Å². The summed E-state index contributed by atoms with van der Waals surface area (Å²) in [5.74, 6) is -5.82. The fourth-order valence-corrected chi connectivity index (χ4v) is 16.0. The molecule has 12 N–H and O–H groups in total. The van der Waals surface area contributed by atoms with E-state index in [1.807, 2.05) is 11.0 Å². The lowest BCUT2D eigenvalue weighted by atomic mass is 9.45. The molecule has 0 bridgehead atoms. The monoisotopic (exact) mass is 1210 g/mol. The van der Waals surface area contributed by atoms with E-state index < -0.39 is 99.0 Å². The molecule has 85 heavy (non-hydrogen) atoms. The highest BCUT2D eigenvalue weighted by Gasteiger charge is 2.75. The number of carboxylic acids is 2. The Balaban J connectivity index is 0.649. The van der Waals surface area contributed by atoms with Crippen molar-refractivity contribution in [2.75, 3.05) is 53.8 Å². The lowest BCUT2D eigenvalue weighted by Crippen LogP contribution is -2.70. The number of fused-ring (bicyclic) bond motifs is 7. The predicted molar refractivity (Wildman–Crippen MR) is 315 cm³/mol. The van der Waals surface area contributed by atoms with Crippen LogP contribution in [0.15, 0.2) is 65.5 Å². The number of ketones is 1. The molecule has 4 aliphatic carbocycles. The highest BCUT2D eigenvalue weighted by atomic mass is 32.2. The second-order valence-corrected chi connectivity index (χ2v) is 25.7. The number of benzene rings is 1. The Morgan fingerprint density at radius 3 is 2.44 bits per heavy atom. The normalized spacial score (nSPS) is 28.6. The molecule has 6 aliphatic rings. The molecule has 456 valence electrons. The number of carbonyl (C=O) groups excluding carboxylic acids is 6. The molecule has 2 aromatic heterocycles. The van der Waals surface area contributed by atoms with E-state index >= 15 is 4.39 Å². The fraction of sp³-hybridized carbons (Fsp3) is 0.552. The Kier molecular flexibility index (Phi) is 18.3. The number of halogens is 1. The lowest BCUT2D eigenvalue weighted by Gasteiger charge is -2.61. The number of carbonyl (C=O) groups is 8. The van der Waals surface area contributed by atoms with Gasteiger partial charge in [0.15, 0.2) is 34.0 Å². The molecule has 3 aromatic rings. The number of alkyl halides is 1. The van der Waals surface area contributed by atoms with Gasteiger partial charge < -0.3 is 58.1 Å². The van der Waals surface area contributed by atoms with Crippen molar-refractivity contribution in [2.45, 2.75) is 133 Å². The van der Waals surface area contributed by atoms with Crippen LogP contribution >= 0.6 is 23.5 Å². The average Bonchev–Trinajstić information content (AvgIpc) is 1.64. The Morgan fingerprint density at radius 1 is 0.965 bits per heavy atom. The van der Waals surface area contributed by atoms with Crippen molar-refractivity contribution < 1.29 is 63.2 Å². The Labute approximate surface area is 498 Å². The Bertz CT molecular complexity index is 3280. The molecule has 27 heteroatoms. The zero-order chi connectivity index (χ0) is 61.3. The number of aromatic nitrogens is 4. The zero-order valence-electron chi connectivity index (χ0n) is 47.8. The lowest BCUT2D eigenvalue weighted by molar-refractivity contribution is -0.215. The minimum absolute atomic E-state index is 0.0148. The van der Waals surface area contributed by atoms with Crippen LogP contribution in [0, 0.1) is 28.6 Å². The third-order valence-corrected chi connectivity index (χ3v) is 20.7. The predicted octanol–water partition coefficient (Wildman–Crippen LogP) is 3.19. The van der Waals surface area contributed by atoms with E-state index in [9.17, 15) is 58.8 Å². The number of amides is 5. The quantitative estimate of drug-likeness (QED) is 0.0350. The first-order chi connectivity index (χ1) is 40.3. The summed E-state index contributed by atoms with van der Waals surface area (Å²) < 4.78 is 17.5. The van der Waals surface area contributed by atoms with Crippen molar-refractivity contribution in [2.24, 2.45) is 28.6 Å². The first-order valence-corrected chi connectivity index (χ1v) is 30.7. The molecule has 2 saturated carbocycles. The molecule has 11 atom stereocenters. The van der Waals surface area contributed by atoms with Crippen LogP contribution in [0.4, 0.5) is 21.8 Å². The summed E-state index contributed by atoms with van der Waals surface area (Å²) in [6.45, 7) is 6.07. The van der Waals surface area contributed by atoms with Crippen LogP contribution in [0.2, 0.25) is 0 Å². The number of allylic oxidation sites excluding steroid dienone is 4. The highest BCUT2D eigenvalue weighted by Crippen LogP contribution is 2.70. The first kappa shape index (κ1) is 62.3. The Hall–Kier alpha value is -7.23. The van der Waals surface area contributed by atoms with Gasteiger partial charge in [-0.05, 0) is 93.2 Å². The number of hydrogen-bond donors (Lipinski definition) is 10. The van der Waals surface area contributed by atoms with E-state index in [0.29, 0.717) is 78.9 Å². The molecule has 1 saturated heterocycles. The molecule has 1 aromatic carbocycles. The van der Waals surface area contributed by atoms with E-state index in [2.05, 4.69) is 41.2 Å². The maximum Gasteiger partial charge on any atom is 0.352 e. The van der Waals surface area contributed by atoms with Crippen molar-refractivity contribution >= 4 is 99.4 Å². The number of hydrogen-bond acceptors (Lipinski definition) is 19. The van der Waals surface area contributed by atoms with Crippen LogP contribution in [0.3, 0.4) is 0 Å². The van der Waals surface area contributed by atoms with Gasteiger partial charge in [-0.1, -0.05) is 44.4 Å². The molecule has 9 rings (SSSR count). The smallest absolute Gasteiger partial charge is 0.352 e. The number of carboxylic acid groups (broad SMARTS) is 2. The number of rotatable bonds is 24. The van der Waals surface area contributed by atoms with Crippen LogP contribution in [-0.4, -0.2) is 165 Å². The van der Waals surface area contributed by atoms with E-state index in [1.165, 1.54) is 40.7 Å². The third kappa shape index (κ3) is 11.9. The van der Waals surface area contributed by atoms with Crippen molar-refractivity contribution in [3.8, 4) is 0 Å². The summed E-state index contributed by atoms with van der Waals surface area (Å²) in [7, 11) is 1.80. The molecule has 4 heterocycles. The van der Waals surface area contributed by atoms with Gasteiger partial charge >= 0.3 is 11.9 Å². The topological polar surface area (TPSA) is 376 Å². The summed E-state index contributed by atoms with van der Waals surface area (Å²) in [5, 5.41) is 54.2. The molecule has 24 nitrogen and oxygen atoms in total. The van der Waals surface area contributed by atoms with Gasteiger partial charge in [-0.15, -0.1) is 11.8 Å². The van der Waals surface area contributed by atoms with E-state index in [1.54, 1.807) is 58.2 Å². The zero-order valence-corrected chi connectivity index (χ0v) is 49.4. The number of nitrogen functional groups attached to an aromatic ring is 2. The SMILES string of the molecule is C[C@@H]1CC2C3CC=C4CC(=O)C=C[C@]4(C)C3(F)C(O)C[C@]2(C)[C@@]1(O)C(=O)NCCCCCCC(=O)NC1C(=O)N2C(C(=O)O)=C(CSCCNC(=O)CCC(NC(=O)c3ccc(N(C)Cc4cnc5nc(N)nc(N)c5n4)cc3)C(=O)O)CSC12. The van der Waals surface area contributed by atoms with E-state index in [-0.39, 0.29) is 91.3 Å². The average molecular weight is 1210 g/mol. The van der Waals surface area contributed by atoms with Crippen LogP contribution in [0.5, 0.6) is 0 Å². The standard InChI is InChI=1S/C58H73FN12O12S2/c1-30-23-38-37-15-12-33-24-36(72)18-19-55(33,2)57(37,59)40(73)25-56(38,3)58(30,83)53(82)63-20-8-6-5-7-9-42(75)67-44-49(77)71-45(52(80)81)32(29-85-50(44)71)28-84-22-21-62-41(74)17-16-39(51(78)79)66-48(76)31-10-13-35(14-11-31)70(4)27-34-26-64-47-43(65-34)46(60)68-54(61)69-47/h10-14,18-19,26,30,37-40,44,50,73,83H,5-9,15-17,20-25,27-29H2,1-4H3,(H,62,74)(H,63,82)(H,66,76)(H,67,75)(H,78,79)(H,80,81)(H4,60,61,64,68,69)/t30-,37?,38?,39?,40?,44?,50?,55+,56+,57?,58+/m1/s1. The van der Waals surface area contributed by atoms with Crippen LogP contribution in [0.25, 0.3) is 11.2 Å². The second-order valence-electron chi connectivity index (χ2n) is 23.5. The number of β-lactam (4-membered cyclic amide) rings is 1. The van der Waals surface area contributed by atoms with Crippen molar-refractivity contribution in [3.63, 3.8) is 0 Å². The number of nitrogens with two attached hydrogens (primary N) is 2. The van der Waals surface area contributed by atoms with Crippen molar-refractivity contribution in [3.05, 3.63) is 76.8 Å². The Morgan fingerprint density at radius 2 is 1.71 bits per heavy atom. The minimum Gasteiger partial charge on any atom is -0.480 e. The number of thioether (sulfide) groups is 2. The minimum atomic E-state index is -2.07. The molecule has 3 fully saturated rings. The number of aliphatic hydroxyl groups is 2. The van der Waals surface area contributed by atoms with Crippen molar-refractivity contribution in [1.29, 1.82) is 0 Å². The molecule has 0 radical (unpaired) electrons. The van der Waals surface area contributed by atoms with Gasteiger partial charge in [-0.25, -0.2) is 23.9 Å². The van der Waals surface area contributed by atoms with Crippen molar-refractivity contribution in [1.82, 2.24) is 46.1 Å². The van der Waals surface area contributed by atoms with Gasteiger partial charge in [0.2, 0.25) is 17.8 Å². The number of nitrogens with zero attached hydrogens (tertiary/aromatic N) is 6. The second kappa shape index (κ2) is 25.0. The largest absolute Gasteiger partial charge is 0.480 e. The van der Waals surface area contributed by atoms with E-state index in [4.69, 9.17) is 11.5 Å². The van der Waals surface area contributed by atoms with Crippen LogP contribution in [-0.2, 0) is 40.1 Å². The number of anilines is 3. The number of aliphatic hydroxyl groups excluding tert-OH is 1. The van der Waals surface area contributed by atoms with Gasteiger partial charge in [0.1, 0.15) is 23.2 Å². The molecule has 5 amide bonds. The summed E-state index contributed by atoms with van der Waals surface area (Å²) >= 11 is 2.68. The fourth-order valence-electron chi connectivity index (χ4n) is 13.7. The maximum absolute atomic E-state index is 17.5.